The number of hydrogen-bond acceptors (Lipinski definition) is 7. The number of phosphoric acid groups is 1. The van der Waals surface area contributed by atoms with Crippen molar-refractivity contribution < 1.29 is 42.1 Å². The molecule has 10 heteroatoms. The fourth-order valence-corrected chi connectivity index (χ4v) is 9.88. The lowest BCUT2D eigenvalue weighted by Gasteiger charge is -2.24. The number of ether oxygens (including phenoxy) is 2. The molecule has 0 bridgehead atoms. The molecule has 0 saturated carbocycles. The molecule has 490 valence electrons. The van der Waals surface area contributed by atoms with Crippen molar-refractivity contribution >= 4 is 19.8 Å². The van der Waals surface area contributed by atoms with Crippen molar-refractivity contribution in [3.63, 3.8) is 0 Å². The van der Waals surface area contributed by atoms with Gasteiger partial charge in [0, 0.05) is 12.8 Å². The van der Waals surface area contributed by atoms with Crippen LogP contribution in [0.1, 0.15) is 271 Å². The summed E-state index contributed by atoms with van der Waals surface area (Å²) in [5.74, 6) is -0.807. The second-order valence-corrected chi connectivity index (χ2v) is 25.3. The topological polar surface area (TPSA) is 108 Å². The highest BCUT2D eigenvalue weighted by Gasteiger charge is 2.27. The van der Waals surface area contributed by atoms with Crippen LogP contribution >= 0.6 is 7.82 Å². The Morgan fingerprint density at radius 2 is 0.628 bits per heavy atom. The van der Waals surface area contributed by atoms with Gasteiger partial charge in [0.15, 0.2) is 6.10 Å². The van der Waals surface area contributed by atoms with Crippen LogP contribution in [0.2, 0.25) is 0 Å². The van der Waals surface area contributed by atoms with E-state index >= 15 is 0 Å². The van der Waals surface area contributed by atoms with Crippen molar-refractivity contribution in [2.75, 3.05) is 47.5 Å². The highest BCUT2D eigenvalue weighted by molar-refractivity contribution is 7.47. The summed E-state index contributed by atoms with van der Waals surface area (Å²) in [4.78, 5) is 35.9. The van der Waals surface area contributed by atoms with Crippen LogP contribution in [0.15, 0.2) is 146 Å². The minimum Gasteiger partial charge on any atom is -0.462 e. The van der Waals surface area contributed by atoms with E-state index < -0.39 is 26.5 Å². The predicted molar refractivity (Wildman–Crippen MR) is 371 cm³/mol. The number of phosphoric ester groups is 1. The molecule has 2 unspecified atom stereocenters. The molecule has 9 nitrogen and oxygen atoms in total. The van der Waals surface area contributed by atoms with Crippen molar-refractivity contribution in [3.8, 4) is 0 Å². The molecule has 0 spiro atoms. The zero-order valence-electron chi connectivity index (χ0n) is 55.7. The van der Waals surface area contributed by atoms with E-state index in [1.807, 2.05) is 21.1 Å². The standard InChI is InChI=1S/C76H128NO8P/c1-6-8-10-12-14-16-18-20-22-24-26-28-30-32-34-36-38-40-42-44-46-48-50-52-54-56-58-60-62-64-66-68-75(78)82-72-74(73-84-86(80,81)83-71-70-77(3,4)5)85-76(79)69-67-65-63-61-59-57-55-53-51-49-47-45-43-41-39-37-35-33-31-29-27-25-23-21-19-17-15-13-11-9-7-2/h8-11,14-17,20-23,26-29,32-35,39,41,45,47,74H,6-7,12-13,18-19,24-25,30-31,36-38,40,42-44,46,48-73H2,1-5H3/p+1/b10-8-,11-9-,16-14-,17-15-,22-20-,23-21-,28-26-,29-27-,34-32-,35-33-,41-39-,47-45-. The molecule has 86 heavy (non-hydrogen) atoms. The number of unbranched alkanes of at least 4 members (excludes halogenated alkanes) is 24. The molecule has 0 aliphatic heterocycles. The highest BCUT2D eigenvalue weighted by atomic mass is 31.2. The number of esters is 2. The molecule has 0 heterocycles. The summed E-state index contributed by atoms with van der Waals surface area (Å²) in [5, 5.41) is 0. The van der Waals surface area contributed by atoms with Gasteiger partial charge in [0.05, 0.1) is 27.7 Å². The number of carbonyl (C=O) groups excluding carboxylic acids is 2. The van der Waals surface area contributed by atoms with Crippen LogP contribution in [0.3, 0.4) is 0 Å². The predicted octanol–water partition coefficient (Wildman–Crippen LogP) is 22.6. The average Bonchev–Trinajstić information content (AvgIpc) is 3.56. The van der Waals surface area contributed by atoms with Crippen molar-refractivity contribution in [1.82, 2.24) is 0 Å². The van der Waals surface area contributed by atoms with Gasteiger partial charge in [-0.15, -0.1) is 0 Å². The summed E-state index contributed by atoms with van der Waals surface area (Å²) in [6, 6.07) is 0. The minimum atomic E-state index is -4.40. The first-order valence-electron chi connectivity index (χ1n) is 34.6. The van der Waals surface area contributed by atoms with E-state index in [2.05, 4.69) is 160 Å². The summed E-state index contributed by atoms with van der Waals surface area (Å²) >= 11 is 0. The largest absolute Gasteiger partial charge is 0.472 e. The van der Waals surface area contributed by atoms with Gasteiger partial charge in [0.2, 0.25) is 0 Å². The molecular formula is C76H129NO8P+. The van der Waals surface area contributed by atoms with Crippen molar-refractivity contribution in [2.45, 2.75) is 277 Å². The third-order valence-electron chi connectivity index (χ3n) is 14.4. The van der Waals surface area contributed by atoms with Crippen molar-refractivity contribution in [1.29, 1.82) is 0 Å². The van der Waals surface area contributed by atoms with Gasteiger partial charge in [-0.1, -0.05) is 288 Å². The number of carbonyl (C=O) groups is 2. The molecule has 0 fully saturated rings. The van der Waals surface area contributed by atoms with Gasteiger partial charge in [0.1, 0.15) is 19.8 Å². The maximum absolute atomic E-state index is 12.9. The highest BCUT2D eigenvalue weighted by Crippen LogP contribution is 2.43. The van der Waals surface area contributed by atoms with Crippen LogP contribution in [-0.4, -0.2) is 74.9 Å². The molecule has 0 aromatic heterocycles. The molecule has 1 N–H and O–H groups in total. The third-order valence-corrected chi connectivity index (χ3v) is 15.3. The maximum atomic E-state index is 12.9. The van der Waals surface area contributed by atoms with Gasteiger partial charge in [-0.25, -0.2) is 4.57 Å². The first-order valence-corrected chi connectivity index (χ1v) is 36.1. The maximum Gasteiger partial charge on any atom is 0.472 e. The lowest BCUT2D eigenvalue weighted by molar-refractivity contribution is -0.870. The van der Waals surface area contributed by atoms with Crippen LogP contribution in [0, 0.1) is 0 Å². The van der Waals surface area contributed by atoms with Crippen LogP contribution < -0.4 is 0 Å². The molecule has 0 amide bonds. The molecule has 2 atom stereocenters. The Labute approximate surface area is 529 Å². The van der Waals surface area contributed by atoms with Crippen LogP contribution in [0.5, 0.6) is 0 Å². The van der Waals surface area contributed by atoms with Crippen LogP contribution in [0.4, 0.5) is 0 Å². The molecular weight excluding hydrogens is 1090 g/mol. The Kier molecular flexibility index (Phi) is 62.2. The molecule has 0 radical (unpaired) electrons. The molecule has 0 aliphatic carbocycles. The normalized spacial score (nSPS) is 14.1. The smallest absolute Gasteiger partial charge is 0.462 e. The summed E-state index contributed by atoms with van der Waals surface area (Å²) in [6.45, 7) is 4.20. The van der Waals surface area contributed by atoms with E-state index in [4.69, 9.17) is 18.5 Å². The molecule has 0 rings (SSSR count). The monoisotopic (exact) mass is 1210 g/mol. The molecule has 0 aromatic carbocycles. The Hall–Kier alpha value is -4.11. The molecule has 0 aliphatic rings. The van der Waals surface area contributed by atoms with E-state index in [1.54, 1.807) is 0 Å². The zero-order valence-corrected chi connectivity index (χ0v) is 56.6. The second kappa shape index (κ2) is 65.3. The lowest BCUT2D eigenvalue weighted by Crippen LogP contribution is -2.37. The van der Waals surface area contributed by atoms with E-state index in [0.29, 0.717) is 17.4 Å². The molecule has 0 aromatic rings. The lowest BCUT2D eigenvalue weighted by atomic mass is 10.0. The van der Waals surface area contributed by atoms with Crippen molar-refractivity contribution in [3.05, 3.63) is 146 Å². The van der Waals surface area contributed by atoms with E-state index in [0.717, 1.165) is 122 Å². The van der Waals surface area contributed by atoms with Gasteiger partial charge in [-0.2, -0.15) is 0 Å². The third kappa shape index (κ3) is 69.0. The number of hydrogen-bond donors (Lipinski definition) is 1. The Bertz CT molecular complexity index is 1960. The fourth-order valence-electron chi connectivity index (χ4n) is 9.14. The fraction of sp³-hybridized carbons (Fsp3) is 0.658. The number of likely N-dealkylation sites (N-methyl/N-ethyl adjacent to an activating group) is 1. The number of nitrogens with zero attached hydrogens (tertiary/aromatic N) is 1. The van der Waals surface area contributed by atoms with E-state index in [-0.39, 0.29) is 32.0 Å². The van der Waals surface area contributed by atoms with Gasteiger partial charge in [-0.05, 0) is 116 Å². The van der Waals surface area contributed by atoms with Gasteiger partial charge in [-0.3, -0.25) is 18.6 Å². The second-order valence-electron chi connectivity index (χ2n) is 23.8. The first kappa shape index (κ1) is 81.9. The Morgan fingerprint density at radius 3 is 0.930 bits per heavy atom. The van der Waals surface area contributed by atoms with E-state index in [9.17, 15) is 19.0 Å². The van der Waals surface area contributed by atoms with Gasteiger partial charge < -0.3 is 18.9 Å². The minimum absolute atomic E-state index is 0.0240. The van der Waals surface area contributed by atoms with Crippen LogP contribution in [-0.2, 0) is 32.7 Å². The van der Waals surface area contributed by atoms with Gasteiger partial charge >= 0.3 is 19.8 Å². The quantitative estimate of drug-likeness (QED) is 0.0211. The van der Waals surface area contributed by atoms with E-state index in [1.165, 1.54) is 116 Å². The Morgan fingerprint density at radius 1 is 0.360 bits per heavy atom. The number of quaternary nitrogens is 1. The summed E-state index contributed by atoms with van der Waals surface area (Å²) in [5.41, 5.74) is 0. The average molecular weight is 1220 g/mol. The summed E-state index contributed by atoms with van der Waals surface area (Å²) in [7, 11) is 1.46. The number of rotatable bonds is 62. The first-order chi connectivity index (χ1) is 42.0. The SMILES string of the molecule is CC/C=C\C/C=C\C/C=C\C/C=C\C/C=C\C/C=C\C/C=C\CCCCCCCCCCCC(=O)OC(COC(=O)CCCCCCCCCCCCCCCCC/C=C\C/C=C\C/C=C\C/C=C\C/C=C\CC)COP(=O)(O)OCC[N+](C)(C)C. The molecule has 0 saturated heterocycles. The Balaban J connectivity index is 4.11. The zero-order chi connectivity index (χ0) is 62.6. The number of allylic oxidation sites excluding steroid dienone is 24. The van der Waals surface area contributed by atoms with Crippen molar-refractivity contribution in [2.24, 2.45) is 0 Å². The summed E-state index contributed by atoms with van der Waals surface area (Å²) < 4.78 is 34.7. The van der Waals surface area contributed by atoms with Gasteiger partial charge in [0.25, 0.3) is 0 Å². The summed E-state index contributed by atoms with van der Waals surface area (Å²) in [6.07, 6.45) is 96.5. The van der Waals surface area contributed by atoms with Crippen LogP contribution in [0.25, 0.3) is 0 Å².